The Labute approximate surface area is 129 Å². The zero-order valence-electron chi connectivity index (χ0n) is 13.6. The van der Waals surface area contributed by atoms with E-state index in [1.165, 1.54) is 0 Å². The zero-order valence-corrected chi connectivity index (χ0v) is 14.4. The van der Waals surface area contributed by atoms with Crippen LogP contribution in [0, 0.1) is 5.41 Å². The van der Waals surface area contributed by atoms with E-state index >= 15 is 0 Å². The van der Waals surface area contributed by atoms with E-state index in [0.29, 0.717) is 12.1 Å². The molecule has 1 aromatic carbocycles. The van der Waals surface area contributed by atoms with Crippen molar-refractivity contribution in [3.05, 3.63) is 29.8 Å². The van der Waals surface area contributed by atoms with E-state index in [1.807, 2.05) is 39.0 Å². The van der Waals surface area contributed by atoms with Crippen LogP contribution in [0.5, 0.6) is 0 Å². The lowest BCUT2D eigenvalue weighted by molar-refractivity contribution is 0.397. The summed E-state index contributed by atoms with van der Waals surface area (Å²) in [7, 11) is -3.28. The lowest BCUT2D eigenvalue weighted by atomic mass is 9.94. The van der Waals surface area contributed by atoms with Crippen LogP contribution in [0.25, 0.3) is 0 Å². The Morgan fingerprint density at radius 2 is 1.90 bits per heavy atom. The molecule has 0 radical (unpaired) electrons. The summed E-state index contributed by atoms with van der Waals surface area (Å²) in [6.07, 6.45) is 1.72. The van der Waals surface area contributed by atoms with Gasteiger partial charge in [-0.05, 0) is 42.5 Å². The van der Waals surface area contributed by atoms with Crippen LogP contribution < -0.4 is 10.0 Å². The van der Waals surface area contributed by atoms with Gasteiger partial charge in [-0.3, -0.25) is 4.72 Å². The van der Waals surface area contributed by atoms with Crippen molar-refractivity contribution < 1.29 is 8.42 Å². The molecule has 0 aliphatic heterocycles. The Bertz CT molecular complexity index is 533. The third kappa shape index (κ3) is 8.07. The summed E-state index contributed by atoms with van der Waals surface area (Å²) in [4.78, 5) is 0. The predicted molar refractivity (Wildman–Crippen MR) is 89.9 cm³/mol. The van der Waals surface area contributed by atoms with Crippen molar-refractivity contribution >= 4 is 15.7 Å². The molecule has 0 aliphatic carbocycles. The SMILES string of the molecule is CCCNCc1cccc(NS(=O)(=O)CCC(C)(C)C)c1. The van der Waals surface area contributed by atoms with Crippen molar-refractivity contribution in [1.82, 2.24) is 5.32 Å². The Balaban J connectivity index is 2.63. The van der Waals surface area contributed by atoms with Crippen LogP contribution >= 0.6 is 0 Å². The molecular formula is C16H28N2O2S. The normalized spacial score (nSPS) is 12.4. The number of nitrogens with one attached hydrogen (secondary N) is 2. The summed E-state index contributed by atoms with van der Waals surface area (Å²) in [5, 5.41) is 3.31. The summed E-state index contributed by atoms with van der Waals surface area (Å²) in [6, 6.07) is 7.55. The van der Waals surface area contributed by atoms with Crippen LogP contribution in [0.15, 0.2) is 24.3 Å². The average molecular weight is 312 g/mol. The second-order valence-electron chi connectivity index (χ2n) is 6.61. The number of rotatable bonds is 8. The molecule has 0 saturated carbocycles. The van der Waals surface area contributed by atoms with E-state index in [4.69, 9.17) is 0 Å². The van der Waals surface area contributed by atoms with E-state index in [-0.39, 0.29) is 11.2 Å². The second kappa shape index (κ2) is 7.80. The van der Waals surface area contributed by atoms with E-state index in [2.05, 4.69) is 17.0 Å². The molecular weight excluding hydrogens is 284 g/mol. The van der Waals surface area contributed by atoms with E-state index in [0.717, 1.165) is 25.1 Å². The first-order chi connectivity index (χ1) is 9.72. The van der Waals surface area contributed by atoms with Crippen molar-refractivity contribution in [3.63, 3.8) is 0 Å². The van der Waals surface area contributed by atoms with Gasteiger partial charge in [0.15, 0.2) is 0 Å². The van der Waals surface area contributed by atoms with Crippen molar-refractivity contribution in [3.8, 4) is 0 Å². The maximum Gasteiger partial charge on any atom is 0.232 e. The van der Waals surface area contributed by atoms with Gasteiger partial charge in [-0.15, -0.1) is 0 Å². The minimum absolute atomic E-state index is 0.0146. The molecule has 5 heteroatoms. The Kier molecular flexibility index (Phi) is 6.68. The number of benzene rings is 1. The maximum absolute atomic E-state index is 12.1. The number of hydrogen-bond acceptors (Lipinski definition) is 3. The molecule has 4 nitrogen and oxygen atoms in total. The third-order valence-electron chi connectivity index (χ3n) is 3.08. The summed E-state index contributed by atoms with van der Waals surface area (Å²) < 4.78 is 26.8. The zero-order chi connectivity index (χ0) is 15.9. The third-order valence-corrected chi connectivity index (χ3v) is 4.37. The van der Waals surface area contributed by atoms with Gasteiger partial charge >= 0.3 is 0 Å². The largest absolute Gasteiger partial charge is 0.313 e. The maximum atomic E-state index is 12.1. The molecule has 1 rings (SSSR count). The molecule has 0 bridgehead atoms. The van der Waals surface area contributed by atoms with Crippen LogP contribution in [0.2, 0.25) is 0 Å². The smallest absolute Gasteiger partial charge is 0.232 e. The molecule has 0 saturated heterocycles. The van der Waals surface area contributed by atoms with E-state index in [1.54, 1.807) is 6.07 Å². The van der Waals surface area contributed by atoms with Crippen molar-refractivity contribution in [2.75, 3.05) is 17.0 Å². The fourth-order valence-corrected chi connectivity index (χ4v) is 3.29. The standard InChI is InChI=1S/C16H28N2O2S/c1-5-10-17-13-14-7-6-8-15(12-14)18-21(19,20)11-9-16(2,3)4/h6-8,12,17-18H,5,9-11,13H2,1-4H3. The van der Waals surface area contributed by atoms with Gasteiger partial charge in [0, 0.05) is 12.2 Å². The van der Waals surface area contributed by atoms with Gasteiger partial charge < -0.3 is 5.32 Å². The first-order valence-corrected chi connectivity index (χ1v) is 9.17. The summed E-state index contributed by atoms with van der Waals surface area (Å²) in [5.74, 6) is 0.148. The van der Waals surface area contributed by atoms with Crippen LogP contribution in [0.1, 0.15) is 46.1 Å². The quantitative estimate of drug-likeness (QED) is 0.724. The van der Waals surface area contributed by atoms with Gasteiger partial charge in [0.1, 0.15) is 0 Å². The first-order valence-electron chi connectivity index (χ1n) is 7.52. The second-order valence-corrected chi connectivity index (χ2v) is 8.45. The van der Waals surface area contributed by atoms with Crippen molar-refractivity contribution in [2.24, 2.45) is 5.41 Å². The van der Waals surface area contributed by atoms with Crippen LogP contribution in [-0.4, -0.2) is 20.7 Å². The van der Waals surface area contributed by atoms with Crippen LogP contribution in [0.3, 0.4) is 0 Å². The minimum atomic E-state index is -3.28. The number of hydrogen-bond donors (Lipinski definition) is 2. The molecule has 0 spiro atoms. The van der Waals surface area contributed by atoms with Gasteiger partial charge in [0.25, 0.3) is 0 Å². The highest BCUT2D eigenvalue weighted by Gasteiger charge is 2.17. The fourth-order valence-electron chi connectivity index (χ4n) is 1.83. The highest BCUT2D eigenvalue weighted by molar-refractivity contribution is 7.92. The molecule has 1 aromatic rings. The highest BCUT2D eigenvalue weighted by Crippen LogP contribution is 2.20. The highest BCUT2D eigenvalue weighted by atomic mass is 32.2. The number of sulfonamides is 1. The molecule has 0 fully saturated rings. The molecule has 0 unspecified atom stereocenters. The average Bonchev–Trinajstić information content (AvgIpc) is 2.36. The van der Waals surface area contributed by atoms with Crippen LogP contribution in [-0.2, 0) is 16.6 Å². The predicted octanol–water partition coefficient (Wildman–Crippen LogP) is 3.36. The topological polar surface area (TPSA) is 58.2 Å². The molecule has 0 heterocycles. The van der Waals surface area contributed by atoms with Gasteiger partial charge in [0.2, 0.25) is 10.0 Å². The molecule has 0 amide bonds. The number of anilines is 1. The minimum Gasteiger partial charge on any atom is -0.313 e. The molecule has 21 heavy (non-hydrogen) atoms. The van der Waals surface area contributed by atoms with Gasteiger partial charge in [0.05, 0.1) is 5.75 Å². The molecule has 2 N–H and O–H groups in total. The molecule has 0 aliphatic rings. The summed E-state index contributed by atoms with van der Waals surface area (Å²) in [6.45, 7) is 9.97. The van der Waals surface area contributed by atoms with Gasteiger partial charge in [-0.1, -0.05) is 39.8 Å². The molecule has 120 valence electrons. The first kappa shape index (κ1) is 18.0. The molecule has 0 atom stereocenters. The Morgan fingerprint density at radius 1 is 1.19 bits per heavy atom. The van der Waals surface area contributed by atoms with Crippen molar-refractivity contribution in [1.29, 1.82) is 0 Å². The van der Waals surface area contributed by atoms with Crippen LogP contribution in [0.4, 0.5) is 5.69 Å². The summed E-state index contributed by atoms with van der Waals surface area (Å²) in [5.41, 5.74) is 1.74. The molecule has 0 aromatic heterocycles. The van der Waals surface area contributed by atoms with Gasteiger partial charge in [-0.25, -0.2) is 8.42 Å². The van der Waals surface area contributed by atoms with E-state index in [9.17, 15) is 8.42 Å². The lowest BCUT2D eigenvalue weighted by Gasteiger charge is -2.18. The Hall–Kier alpha value is -1.07. The Morgan fingerprint density at radius 3 is 2.52 bits per heavy atom. The van der Waals surface area contributed by atoms with Crippen molar-refractivity contribution in [2.45, 2.75) is 47.1 Å². The van der Waals surface area contributed by atoms with Gasteiger partial charge in [-0.2, -0.15) is 0 Å². The summed E-state index contributed by atoms with van der Waals surface area (Å²) >= 11 is 0. The fraction of sp³-hybridized carbons (Fsp3) is 0.625. The van der Waals surface area contributed by atoms with E-state index < -0.39 is 10.0 Å². The monoisotopic (exact) mass is 312 g/mol. The lowest BCUT2D eigenvalue weighted by Crippen LogP contribution is -2.21.